The van der Waals surface area contributed by atoms with Crippen LogP contribution < -0.4 is 10.1 Å². The maximum Gasteiger partial charge on any atom is 0.422 e. The fraction of sp³-hybridized carbons (Fsp3) is 0.438. The van der Waals surface area contributed by atoms with Gasteiger partial charge < -0.3 is 19.4 Å². The highest BCUT2D eigenvalue weighted by Crippen LogP contribution is 2.30. The third kappa shape index (κ3) is 6.05. The quantitative estimate of drug-likeness (QED) is 0.537. The summed E-state index contributed by atoms with van der Waals surface area (Å²) in [6.07, 6.45) is -5.65. The summed E-state index contributed by atoms with van der Waals surface area (Å²) in [5, 5.41) is 11.3. The molecule has 0 aliphatic carbocycles. The number of rotatable bonds is 8. The summed E-state index contributed by atoms with van der Waals surface area (Å²) in [4.78, 5) is 11.2. The number of nitrogens with zero attached hydrogens (tertiary/aromatic N) is 3. The highest BCUT2D eigenvalue weighted by molar-refractivity contribution is 7.99. The molecular weight excluding hydrogens is 385 g/mol. The van der Waals surface area contributed by atoms with Crippen molar-refractivity contribution in [2.24, 2.45) is 0 Å². The van der Waals surface area contributed by atoms with Gasteiger partial charge in [0.25, 0.3) is 0 Å². The predicted molar refractivity (Wildman–Crippen MR) is 93.8 cm³/mol. The van der Waals surface area contributed by atoms with Gasteiger partial charge in [-0.15, -0.1) is 10.2 Å². The maximum atomic E-state index is 12.0. The van der Waals surface area contributed by atoms with Gasteiger partial charge in [0.2, 0.25) is 0 Å². The fourth-order valence-electron chi connectivity index (χ4n) is 2.20. The average Bonchev–Trinajstić information content (AvgIpc) is 3.05. The Morgan fingerprint density at radius 3 is 2.70 bits per heavy atom. The molecule has 148 valence electrons. The molecule has 11 heteroatoms. The number of nitrogens with one attached hydrogen (secondary N) is 1. The topological polar surface area (TPSA) is 78.3 Å². The lowest BCUT2D eigenvalue weighted by molar-refractivity contribution is -0.160. The summed E-state index contributed by atoms with van der Waals surface area (Å²) in [6.45, 7) is 1.07. The number of benzene rings is 1. The Morgan fingerprint density at radius 2 is 2.04 bits per heavy atom. The second-order valence-electron chi connectivity index (χ2n) is 5.22. The van der Waals surface area contributed by atoms with Crippen LogP contribution in [0.25, 0.3) is 11.4 Å². The molecule has 0 radical (unpaired) electrons. The Morgan fingerprint density at radius 1 is 1.30 bits per heavy atom. The summed E-state index contributed by atoms with van der Waals surface area (Å²) in [5.41, 5.74) is 0.801. The number of hydrogen-bond donors (Lipinski definition) is 1. The molecule has 0 unspecified atom stereocenters. The van der Waals surface area contributed by atoms with Crippen molar-refractivity contribution in [2.75, 3.05) is 26.0 Å². The van der Waals surface area contributed by atoms with Gasteiger partial charge >= 0.3 is 12.3 Å². The molecule has 2 aromatic rings. The van der Waals surface area contributed by atoms with Crippen LogP contribution in [-0.2, 0) is 11.3 Å². The van der Waals surface area contributed by atoms with Crippen molar-refractivity contribution in [1.82, 2.24) is 20.1 Å². The largest absolute Gasteiger partial charge is 0.496 e. The van der Waals surface area contributed by atoms with E-state index in [1.54, 1.807) is 7.11 Å². The van der Waals surface area contributed by atoms with Crippen LogP contribution >= 0.6 is 11.8 Å². The summed E-state index contributed by atoms with van der Waals surface area (Å²) in [6, 6.07) is 7.43. The number of carbonyl (C=O) groups is 1. The van der Waals surface area contributed by atoms with Gasteiger partial charge in [0.1, 0.15) is 5.75 Å². The van der Waals surface area contributed by atoms with Crippen molar-refractivity contribution in [3.05, 3.63) is 24.3 Å². The molecule has 2 rings (SSSR count). The van der Waals surface area contributed by atoms with Crippen molar-refractivity contribution < 1.29 is 27.4 Å². The van der Waals surface area contributed by atoms with E-state index in [0.29, 0.717) is 29.0 Å². The van der Waals surface area contributed by atoms with Crippen LogP contribution in [0.2, 0.25) is 0 Å². The van der Waals surface area contributed by atoms with Crippen LogP contribution in [0.3, 0.4) is 0 Å². The van der Waals surface area contributed by atoms with Gasteiger partial charge in [0, 0.05) is 18.8 Å². The standard InChI is InChI=1S/C16H19F3N4O3S/c1-3-23-13(11-6-4-5-7-12(11)25-2)21-22-14(23)27-9-8-20-15(24)26-10-16(17,18)19/h4-7H,3,8-10H2,1-2H3,(H,20,24). The van der Waals surface area contributed by atoms with Crippen LogP contribution in [0.4, 0.5) is 18.0 Å². The first-order chi connectivity index (χ1) is 12.9. The van der Waals surface area contributed by atoms with Crippen LogP contribution in [0.15, 0.2) is 29.4 Å². The normalized spacial score (nSPS) is 11.3. The van der Waals surface area contributed by atoms with Crippen molar-refractivity contribution in [3.63, 3.8) is 0 Å². The Kier molecular flexibility index (Phi) is 7.34. The van der Waals surface area contributed by atoms with Gasteiger partial charge in [-0.05, 0) is 19.1 Å². The number of aromatic nitrogens is 3. The Bertz CT molecular complexity index is 768. The minimum Gasteiger partial charge on any atom is -0.496 e. The molecule has 0 bridgehead atoms. The van der Waals surface area contributed by atoms with Crippen LogP contribution in [-0.4, -0.2) is 53.0 Å². The van der Waals surface area contributed by atoms with Crippen molar-refractivity contribution in [3.8, 4) is 17.1 Å². The minimum atomic E-state index is -4.54. The molecule has 0 fully saturated rings. The summed E-state index contributed by atoms with van der Waals surface area (Å²) >= 11 is 1.32. The number of para-hydroxylation sites is 1. The molecule has 0 aliphatic heterocycles. The van der Waals surface area contributed by atoms with Gasteiger partial charge in [-0.3, -0.25) is 0 Å². The second kappa shape index (κ2) is 9.49. The first-order valence-corrected chi connectivity index (χ1v) is 9.01. The molecule has 0 spiro atoms. The predicted octanol–water partition coefficient (Wildman–Crippen LogP) is 3.35. The number of ether oxygens (including phenoxy) is 2. The third-order valence-corrected chi connectivity index (χ3v) is 4.32. The first kappa shape index (κ1) is 20.9. The molecule has 0 saturated carbocycles. The molecule has 1 aromatic heterocycles. The number of carbonyl (C=O) groups excluding carboxylic acids is 1. The molecule has 0 saturated heterocycles. The van der Waals surface area contributed by atoms with Gasteiger partial charge in [0.15, 0.2) is 17.6 Å². The van der Waals surface area contributed by atoms with Crippen LogP contribution in [0.1, 0.15) is 6.92 Å². The number of amides is 1. The first-order valence-electron chi connectivity index (χ1n) is 8.02. The third-order valence-electron chi connectivity index (χ3n) is 3.35. The lowest BCUT2D eigenvalue weighted by Gasteiger charge is -2.11. The second-order valence-corrected chi connectivity index (χ2v) is 6.28. The van der Waals surface area contributed by atoms with E-state index in [2.05, 4.69) is 20.3 Å². The van der Waals surface area contributed by atoms with E-state index in [0.717, 1.165) is 5.56 Å². The number of methoxy groups -OCH3 is 1. The van der Waals surface area contributed by atoms with E-state index < -0.39 is 18.9 Å². The lowest BCUT2D eigenvalue weighted by atomic mass is 10.2. The van der Waals surface area contributed by atoms with Gasteiger partial charge in [-0.25, -0.2) is 4.79 Å². The van der Waals surface area contributed by atoms with Gasteiger partial charge in [-0.2, -0.15) is 13.2 Å². The summed E-state index contributed by atoms with van der Waals surface area (Å²) < 4.78 is 47.2. The molecule has 1 amide bonds. The lowest BCUT2D eigenvalue weighted by Crippen LogP contribution is -2.30. The van der Waals surface area contributed by atoms with Crippen molar-refractivity contribution in [2.45, 2.75) is 24.8 Å². The Labute approximate surface area is 158 Å². The average molecular weight is 404 g/mol. The number of halogens is 3. The van der Waals surface area contributed by atoms with E-state index in [9.17, 15) is 18.0 Å². The van der Waals surface area contributed by atoms with E-state index in [1.807, 2.05) is 35.8 Å². The molecule has 7 nitrogen and oxygen atoms in total. The number of alkyl halides is 3. The molecule has 1 N–H and O–H groups in total. The van der Waals surface area contributed by atoms with Gasteiger partial charge in [-0.1, -0.05) is 23.9 Å². The number of alkyl carbamates (subject to hydrolysis) is 1. The van der Waals surface area contributed by atoms with E-state index in [-0.39, 0.29) is 6.54 Å². The molecule has 0 atom stereocenters. The Hall–Kier alpha value is -2.43. The SMILES string of the molecule is CCn1c(SCCNC(=O)OCC(F)(F)F)nnc1-c1ccccc1OC. The summed E-state index contributed by atoms with van der Waals surface area (Å²) in [5.74, 6) is 1.71. The number of hydrogen-bond acceptors (Lipinski definition) is 6. The monoisotopic (exact) mass is 404 g/mol. The molecule has 0 aliphatic rings. The van der Waals surface area contributed by atoms with Crippen molar-refractivity contribution in [1.29, 1.82) is 0 Å². The molecule has 1 heterocycles. The van der Waals surface area contributed by atoms with Crippen LogP contribution in [0, 0.1) is 0 Å². The van der Waals surface area contributed by atoms with E-state index in [4.69, 9.17) is 4.74 Å². The fourth-order valence-corrected chi connectivity index (χ4v) is 3.06. The highest BCUT2D eigenvalue weighted by atomic mass is 32.2. The zero-order chi connectivity index (χ0) is 19.9. The highest BCUT2D eigenvalue weighted by Gasteiger charge is 2.29. The smallest absolute Gasteiger partial charge is 0.422 e. The Balaban J connectivity index is 1.93. The van der Waals surface area contributed by atoms with Crippen molar-refractivity contribution >= 4 is 17.9 Å². The zero-order valence-electron chi connectivity index (χ0n) is 14.7. The maximum absolute atomic E-state index is 12.0. The summed E-state index contributed by atoms with van der Waals surface area (Å²) in [7, 11) is 1.57. The van der Waals surface area contributed by atoms with E-state index >= 15 is 0 Å². The molecule has 1 aromatic carbocycles. The van der Waals surface area contributed by atoms with E-state index in [1.165, 1.54) is 11.8 Å². The van der Waals surface area contributed by atoms with Crippen LogP contribution in [0.5, 0.6) is 5.75 Å². The van der Waals surface area contributed by atoms with Gasteiger partial charge in [0.05, 0.1) is 12.7 Å². The minimum absolute atomic E-state index is 0.127. The molecule has 27 heavy (non-hydrogen) atoms. The zero-order valence-corrected chi connectivity index (χ0v) is 15.6. The number of thioether (sulfide) groups is 1. The molecular formula is C16H19F3N4O3S.